The van der Waals surface area contributed by atoms with E-state index >= 15 is 0 Å². The molecule has 0 bridgehead atoms. The summed E-state index contributed by atoms with van der Waals surface area (Å²) in [5.41, 5.74) is -1.48. The molecule has 1 saturated heterocycles. The molecule has 0 aromatic heterocycles. The second-order valence-electron chi connectivity index (χ2n) is 6.08. The molecule has 1 N–H and O–H groups in total. The molecule has 1 heterocycles. The predicted molar refractivity (Wildman–Crippen MR) is 93.5 cm³/mol. The van der Waals surface area contributed by atoms with Crippen LogP contribution in [0.2, 0.25) is 10.0 Å². The van der Waals surface area contributed by atoms with Crippen molar-refractivity contribution in [2.45, 2.75) is 17.9 Å². The van der Waals surface area contributed by atoms with E-state index in [-0.39, 0.29) is 34.3 Å². The van der Waals surface area contributed by atoms with Gasteiger partial charge in [-0.2, -0.15) is 5.26 Å². The highest BCUT2D eigenvalue weighted by Crippen LogP contribution is 2.43. The van der Waals surface area contributed by atoms with Gasteiger partial charge in [0.1, 0.15) is 17.3 Å². The molecule has 8 heteroatoms. The molecule has 3 rings (SSSR count). The van der Waals surface area contributed by atoms with Crippen molar-refractivity contribution in [2.24, 2.45) is 0 Å². The minimum Gasteiger partial charge on any atom is -0.480 e. The van der Waals surface area contributed by atoms with Gasteiger partial charge in [0.2, 0.25) is 0 Å². The van der Waals surface area contributed by atoms with E-state index in [0.29, 0.717) is 0 Å². The van der Waals surface area contributed by atoms with Crippen molar-refractivity contribution in [1.82, 2.24) is 0 Å². The number of carbonyl (C=O) groups is 1. The summed E-state index contributed by atoms with van der Waals surface area (Å²) in [5.74, 6) is -2.74. The fourth-order valence-corrected chi connectivity index (χ4v) is 3.64. The van der Waals surface area contributed by atoms with Crippen LogP contribution in [0.25, 0.3) is 0 Å². The van der Waals surface area contributed by atoms with E-state index in [1.807, 2.05) is 6.07 Å². The topological polar surface area (TPSA) is 64.3 Å². The molecular weight excluding hydrogens is 385 g/mol. The fraction of sp³-hybridized carbons (Fsp3) is 0.222. The molecule has 1 aliphatic rings. The van der Waals surface area contributed by atoms with Gasteiger partial charge in [-0.15, -0.1) is 0 Å². The number of hydrogen-bond acceptors (Lipinski definition) is 3. The van der Waals surface area contributed by atoms with E-state index < -0.39 is 29.1 Å². The van der Waals surface area contributed by atoms with Crippen LogP contribution >= 0.6 is 23.2 Å². The van der Waals surface area contributed by atoms with Crippen LogP contribution in [0.4, 0.5) is 14.5 Å². The Hall–Kier alpha value is -2.36. The van der Waals surface area contributed by atoms with Gasteiger partial charge in [-0.05, 0) is 24.3 Å². The molecule has 1 fully saturated rings. The highest BCUT2D eigenvalue weighted by molar-refractivity contribution is 6.31. The summed E-state index contributed by atoms with van der Waals surface area (Å²) in [6.07, 6.45) is -0.205. The molecule has 0 amide bonds. The molecule has 2 aromatic carbocycles. The zero-order valence-corrected chi connectivity index (χ0v) is 14.7. The SMILES string of the molecule is N#CC1(c2ccc(Cl)cc2F)CC(C(=O)O)N(c2cccc(Cl)c2F)C1. The zero-order chi connectivity index (χ0) is 19.1. The third kappa shape index (κ3) is 2.98. The van der Waals surface area contributed by atoms with Crippen LogP contribution in [-0.2, 0) is 10.2 Å². The van der Waals surface area contributed by atoms with Crippen molar-refractivity contribution in [2.75, 3.05) is 11.4 Å². The summed E-state index contributed by atoms with van der Waals surface area (Å²) in [6.45, 7) is -0.198. The first-order valence-electron chi connectivity index (χ1n) is 7.59. The summed E-state index contributed by atoms with van der Waals surface area (Å²) in [7, 11) is 0. The van der Waals surface area contributed by atoms with Crippen LogP contribution in [-0.4, -0.2) is 23.7 Å². The largest absolute Gasteiger partial charge is 0.480 e. The Labute approximate surface area is 158 Å². The second kappa shape index (κ2) is 6.75. The number of nitrogens with zero attached hydrogens (tertiary/aromatic N) is 2. The predicted octanol–water partition coefficient (Wildman–Crippen LogP) is 4.40. The number of nitriles is 1. The van der Waals surface area contributed by atoms with Gasteiger partial charge in [0.15, 0.2) is 5.82 Å². The van der Waals surface area contributed by atoms with Crippen molar-refractivity contribution in [3.8, 4) is 6.07 Å². The van der Waals surface area contributed by atoms with Crippen LogP contribution in [0, 0.1) is 23.0 Å². The average molecular weight is 397 g/mol. The molecule has 1 aliphatic heterocycles. The molecule has 26 heavy (non-hydrogen) atoms. The van der Waals surface area contributed by atoms with Gasteiger partial charge >= 0.3 is 5.97 Å². The Morgan fingerprint density at radius 2 is 2.04 bits per heavy atom. The molecule has 4 nitrogen and oxygen atoms in total. The van der Waals surface area contributed by atoms with Crippen molar-refractivity contribution in [1.29, 1.82) is 5.26 Å². The summed E-state index contributed by atoms with van der Waals surface area (Å²) in [4.78, 5) is 13.0. The van der Waals surface area contributed by atoms with Gasteiger partial charge in [-0.25, -0.2) is 13.6 Å². The van der Waals surface area contributed by atoms with Gasteiger partial charge in [0.05, 0.1) is 16.8 Å². The number of hydrogen-bond donors (Lipinski definition) is 1. The number of halogens is 4. The lowest BCUT2D eigenvalue weighted by Crippen LogP contribution is -2.37. The second-order valence-corrected chi connectivity index (χ2v) is 6.92. The Morgan fingerprint density at radius 1 is 1.31 bits per heavy atom. The minimum absolute atomic E-state index is 0.0283. The van der Waals surface area contributed by atoms with E-state index in [2.05, 4.69) is 0 Å². The van der Waals surface area contributed by atoms with E-state index in [4.69, 9.17) is 23.2 Å². The number of carboxylic acid groups (broad SMARTS) is 1. The monoisotopic (exact) mass is 396 g/mol. The highest BCUT2D eigenvalue weighted by Gasteiger charge is 2.50. The normalized spacial score (nSPS) is 22.3. The lowest BCUT2D eigenvalue weighted by atomic mass is 9.79. The standard InChI is InChI=1S/C18H12Cl2F2N2O2/c19-10-4-5-11(13(21)6-10)18(8-23)7-15(17(25)26)24(9-18)14-3-1-2-12(20)16(14)22/h1-6,15H,7,9H2,(H,25,26). The van der Waals surface area contributed by atoms with Crippen LogP contribution in [0.15, 0.2) is 36.4 Å². The maximum atomic E-state index is 14.4. The first-order valence-corrected chi connectivity index (χ1v) is 8.35. The highest BCUT2D eigenvalue weighted by atomic mass is 35.5. The average Bonchev–Trinajstić information content (AvgIpc) is 2.98. The molecule has 2 atom stereocenters. The molecule has 2 aromatic rings. The van der Waals surface area contributed by atoms with E-state index in [0.717, 1.165) is 6.07 Å². The van der Waals surface area contributed by atoms with Crippen molar-refractivity contribution in [3.05, 3.63) is 63.6 Å². The smallest absolute Gasteiger partial charge is 0.326 e. The molecular formula is C18H12Cl2F2N2O2. The number of carboxylic acids is 1. The zero-order valence-electron chi connectivity index (χ0n) is 13.2. The van der Waals surface area contributed by atoms with Gasteiger partial charge in [-0.1, -0.05) is 35.3 Å². The quantitative estimate of drug-likeness (QED) is 0.834. The van der Waals surface area contributed by atoms with E-state index in [9.17, 15) is 23.9 Å². The van der Waals surface area contributed by atoms with Gasteiger partial charge in [0, 0.05) is 23.6 Å². The third-order valence-corrected chi connectivity index (χ3v) is 5.07. The van der Waals surface area contributed by atoms with Crippen LogP contribution in [0.5, 0.6) is 0 Å². The summed E-state index contributed by atoms with van der Waals surface area (Å²) in [6, 6.07) is 8.86. The van der Waals surface area contributed by atoms with Crippen molar-refractivity contribution in [3.63, 3.8) is 0 Å². The van der Waals surface area contributed by atoms with Crippen LogP contribution in [0.3, 0.4) is 0 Å². The van der Waals surface area contributed by atoms with Crippen LogP contribution in [0.1, 0.15) is 12.0 Å². The van der Waals surface area contributed by atoms with E-state index in [1.165, 1.54) is 35.2 Å². The van der Waals surface area contributed by atoms with Crippen molar-refractivity contribution < 1.29 is 18.7 Å². The van der Waals surface area contributed by atoms with Gasteiger partial charge in [-0.3, -0.25) is 0 Å². The molecule has 2 unspecified atom stereocenters. The third-order valence-electron chi connectivity index (χ3n) is 4.54. The van der Waals surface area contributed by atoms with Crippen molar-refractivity contribution >= 4 is 34.9 Å². The summed E-state index contributed by atoms with van der Waals surface area (Å²) >= 11 is 11.6. The summed E-state index contributed by atoms with van der Waals surface area (Å²) in [5, 5.41) is 19.3. The van der Waals surface area contributed by atoms with Gasteiger partial charge in [0.25, 0.3) is 0 Å². The maximum absolute atomic E-state index is 14.4. The number of rotatable bonds is 3. The Bertz CT molecular complexity index is 932. The Balaban J connectivity index is 2.12. The fourth-order valence-electron chi connectivity index (χ4n) is 3.31. The first kappa shape index (κ1) is 18.4. The van der Waals surface area contributed by atoms with Gasteiger partial charge < -0.3 is 10.0 Å². The molecule has 134 valence electrons. The minimum atomic E-state index is -1.47. The van der Waals surface area contributed by atoms with E-state index in [1.54, 1.807) is 0 Å². The molecule has 0 saturated carbocycles. The number of anilines is 1. The Kier molecular flexibility index (Phi) is 4.78. The Morgan fingerprint density at radius 3 is 2.65 bits per heavy atom. The van der Waals surface area contributed by atoms with Crippen LogP contribution < -0.4 is 4.90 Å². The maximum Gasteiger partial charge on any atom is 0.326 e. The number of benzene rings is 2. The lowest BCUT2D eigenvalue weighted by molar-refractivity contribution is -0.138. The first-order chi connectivity index (χ1) is 12.3. The lowest BCUT2D eigenvalue weighted by Gasteiger charge is -2.25. The molecule has 0 radical (unpaired) electrons. The molecule has 0 spiro atoms. The molecule has 0 aliphatic carbocycles. The number of aliphatic carboxylic acids is 1. The summed E-state index contributed by atoms with van der Waals surface area (Å²) < 4.78 is 28.9.